The van der Waals surface area contributed by atoms with Crippen molar-refractivity contribution in [1.29, 1.82) is 0 Å². The van der Waals surface area contributed by atoms with Gasteiger partial charge in [-0.05, 0) is 36.2 Å². The van der Waals surface area contributed by atoms with Crippen LogP contribution in [0.3, 0.4) is 0 Å². The second-order valence-electron chi connectivity index (χ2n) is 4.14. The summed E-state index contributed by atoms with van der Waals surface area (Å²) in [6, 6.07) is 8.52. The van der Waals surface area contributed by atoms with E-state index in [-0.39, 0.29) is 5.75 Å². The average molecular weight is 249 g/mol. The molecule has 1 N–H and O–H groups in total. The molecule has 0 aliphatic heterocycles. The largest absolute Gasteiger partial charge is 0.508 e. The lowest BCUT2D eigenvalue weighted by atomic mass is 10.1. The summed E-state index contributed by atoms with van der Waals surface area (Å²) in [4.78, 5) is 8.64. The van der Waals surface area contributed by atoms with Crippen molar-refractivity contribution in [3.8, 4) is 17.1 Å². The number of rotatable bonds is 2. The lowest BCUT2D eigenvalue weighted by Crippen LogP contribution is -1.97. The van der Waals surface area contributed by atoms with Crippen LogP contribution in [0, 0.1) is 0 Å². The Labute approximate surface area is 105 Å². The summed E-state index contributed by atoms with van der Waals surface area (Å²) in [7, 11) is 0. The molecular weight excluding hydrogens is 236 g/mol. The van der Waals surface area contributed by atoms with Gasteiger partial charge in [-0.3, -0.25) is 0 Å². The molecule has 0 radical (unpaired) electrons. The van der Waals surface area contributed by atoms with E-state index < -0.39 is 0 Å². The van der Waals surface area contributed by atoms with Crippen molar-refractivity contribution in [3.63, 3.8) is 0 Å². The zero-order valence-electron chi connectivity index (χ0n) is 9.68. The van der Waals surface area contributed by atoms with Crippen LogP contribution < -0.4 is 0 Å². The molecule has 0 saturated heterocycles. The first-order valence-electron chi connectivity index (χ1n) is 5.40. The zero-order valence-corrected chi connectivity index (χ0v) is 10.4. The quantitative estimate of drug-likeness (QED) is 0.826. The number of phenolic OH excluding ortho intramolecular Hbond substituents is 1. The Balaban J connectivity index is 2.48. The Morgan fingerprint density at radius 3 is 2.35 bits per heavy atom. The Bertz CT molecular complexity index is 523. The monoisotopic (exact) mass is 248 g/mol. The summed E-state index contributed by atoms with van der Waals surface area (Å²) in [5.74, 6) is 1.10. The van der Waals surface area contributed by atoms with Crippen molar-refractivity contribution in [2.45, 2.75) is 19.8 Å². The highest BCUT2D eigenvalue weighted by atomic mass is 35.5. The summed E-state index contributed by atoms with van der Waals surface area (Å²) in [6.45, 7) is 4.11. The summed E-state index contributed by atoms with van der Waals surface area (Å²) in [5.41, 5.74) is 1.75. The number of nitrogens with zero attached hydrogens (tertiary/aromatic N) is 2. The van der Waals surface area contributed by atoms with Crippen LogP contribution in [0.4, 0.5) is 0 Å². The van der Waals surface area contributed by atoms with E-state index in [4.69, 9.17) is 11.6 Å². The molecule has 0 atom stereocenters. The van der Waals surface area contributed by atoms with E-state index in [2.05, 4.69) is 23.8 Å². The molecule has 0 aliphatic carbocycles. The molecule has 0 unspecified atom stereocenters. The normalized spacial score (nSPS) is 10.8. The maximum Gasteiger partial charge on any atom is 0.161 e. The third-order valence-corrected chi connectivity index (χ3v) is 2.63. The Kier molecular flexibility index (Phi) is 3.29. The predicted octanol–water partition coefficient (Wildman–Crippen LogP) is 3.63. The molecule has 17 heavy (non-hydrogen) atoms. The second kappa shape index (κ2) is 4.72. The number of aromatic hydroxyl groups is 1. The summed E-state index contributed by atoms with van der Waals surface area (Å²) >= 11 is 5.97. The first-order chi connectivity index (χ1) is 8.06. The maximum atomic E-state index is 9.23. The van der Waals surface area contributed by atoms with Crippen LogP contribution in [0.2, 0.25) is 5.15 Å². The van der Waals surface area contributed by atoms with Crippen molar-refractivity contribution in [3.05, 3.63) is 41.2 Å². The molecule has 0 bridgehead atoms. The number of halogens is 1. The van der Waals surface area contributed by atoms with Crippen molar-refractivity contribution in [2.75, 3.05) is 0 Å². The molecule has 1 aromatic carbocycles. The number of hydrogen-bond donors (Lipinski definition) is 1. The van der Waals surface area contributed by atoms with Crippen LogP contribution in [0.25, 0.3) is 11.4 Å². The van der Waals surface area contributed by atoms with E-state index in [1.165, 1.54) is 0 Å². The first kappa shape index (κ1) is 11.9. The zero-order chi connectivity index (χ0) is 12.4. The predicted molar refractivity (Wildman–Crippen MR) is 68.2 cm³/mol. The molecule has 0 amide bonds. The highest BCUT2D eigenvalue weighted by Crippen LogP contribution is 2.23. The number of phenols is 1. The fourth-order valence-corrected chi connectivity index (χ4v) is 1.66. The summed E-state index contributed by atoms with van der Waals surface area (Å²) in [6.07, 6.45) is 0. The fraction of sp³-hybridized carbons (Fsp3) is 0.231. The topological polar surface area (TPSA) is 46.0 Å². The second-order valence-corrected chi connectivity index (χ2v) is 4.53. The third-order valence-electron chi connectivity index (χ3n) is 2.43. The Morgan fingerprint density at radius 2 is 1.76 bits per heavy atom. The van der Waals surface area contributed by atoms with Gasteiger partial charge in [-0.2, -0.15) is 0 Å². The number of hydrogen-bond acceptors (Lipinski definition) is 3. The maximum absolute atomic E-state index is 9.23. The lowest BCUT2D eigenvalue weighted by molar-refractivity contribution is 0.475. The average Bonchev–Trinajstić information content (AvgIpc) is 2.29. The lowest BCUT2D eigenvalue weighted by Gasteiger charge is -2.07. The van der Waals surface area contributed by atoms with Gasteiger partial charge in [0, 0.05) is 11.3 Å². The Morgan fingerprint density at radius 1 is 1.12 bits per heavy atom. The Hall–Kier alpha value is -1.61. The molecule has 0 saturated carbocycles. The first-order valence-corrected chi connectivity index (χ1v) is 5.78. The van der Waals surface area contributed by atoms with E-state index in [9.17, 15) is 5.11 Å². The van der Waals surface area contributed by atoms with Crippen molar-refractivity contribution in [2.24, 2.45) is 0 Å². The van der Waals surface area contributed by atoms with Crippen molar-refractivity contribution >= 4 is 11.6 Å². The molecule has 1 heterocycles. The van der Waals surface area contributed by atoms with Crippen LogP contribution in [0.5, 0.6) is 5.75 Å². The number of benzene rings is 1. The van der Waals surface area contributed by atoms with Crippen molar-refractivity contribution < 1.29 is 5.11 Å². The van der Waals surface area contributed by atoms with Gasteiger partial charge in [0.1, 0.15) is 10.9 Å². The smallest absolute Gasteiger partial charge is 0.161 e. The summed E-state index contributed by atoms with van der Waals surface area (Å²) in [5, 5.41) is 9.67. The molecular formula is C13H13ClN2O. The van der Waals surface area contributed by atoms with E-state index >= 15 is 0 Å². The highest BCUT2D eigenvalue weighted by molar-refractivity contribution is 6.29. The van der Waals surface area contributed by atoms with E-state index in [1.54, 1.807) is 30.3 Å². The van der Waals surface area contributed by atoms with E-state index in [0.717, 1.165) is 11.3 Å². The molecule has 1 aromatic heterocycles. The molecule has 0 spiro atoms. The minimum atomic E-state index is 0.222. The van der Waals surface area contributed by atoms with Crippen LogP contribution in [-0.4, -0.2) is 15.1 Å². The van der Waals surface area contributed by atoms with Crippen LogP contribution in [0.1, 0.15) is 25.5 Å². The minimum absolute atomic E-state index is 0.222. The standard InChI is InChI=1S/C13H13ClN2O/c1-8(2)11-7-12(14)16-13(15-11)9-3-5-10(17)6-4-9/h3-8,17H,1-2H3. The molecule has 0 fully saturated rings. The van der Waals surface area contributed by atoms with Gasteiger partial charge >= 0.3 is 0 Å². The highest BCUT2D eigenvalue weighted by Gasteiger charge is 2.08. The van der Waals surface area contributed by atoms with Gasteiger partial charge in [0.25, 0.3) is 0 Å². The minimum Gasteiger partial charge on any atom is -0.508 e. The number of aromatic nitrogens is 2. The van der Waals surface area contributed by atoms with Gasteiger partial charge in [-0.25, -0.2) is 9.97 Å². The van der Waals surface area contributed by atoms with Gasteiger partial charge in [-0.1, -0.05) is 25.4 Å². The molecule has 2 rings (SSSR count). The van der Waals surface area contributed by atoms with Gasteiger partial charge in [-0.15, -0.1) is 0 Å². The van der Waals surface area contributed by atoms with Crippen LogP contribution in [0.15, 0.2) is 30.3 Å². The van der Waals surface area contributed by atoms with Gasteiger partial charge in [0.15, 0.2) is 5.82 Å². The van der Waals surface area contributed by atoms with Gasteiger partial charge in [0.2, 0.25) is 0 Å². The fourth-order valence-electron chi connectivity index (χ4n) is 1.47. The van der Waals surface area contributed by atoms with Crippen LogP contribution in [-0.2, 0) is 0 Å². The SMILES string of the molecule is CC(C)c1cc(Cl)nc(-c2ccc(O)cc2)n1. The van der Waals surface area contributed by atoms with E-state index in [1.807, 2.05) is 0 Å². The molecule has 88 valence electrons. The van der Waals surface area contributed by atoms with E-state index in [0.29, 0.717) is 16.9 Å². The molecule has 4 heteroatoms. The van der Waals surface area contributed by atoms with Gasteiger partial charge in [0.05, 0.1) is 0 Å². The van der Waals surface area contributed by atoms with Gasteiger partial charge < -0.3 is 5.11 Å². The van der Waals surface area contributed by atoms with Crippen LogP contribution >= 0.6 is 11.6 Å². The molecule has 2 aromatic rings. The molecule has 0 aliphatic rings. The van der Waals surface area contributed by atoms with Crippen molar-refractivity contribution in [1.82, 2.24) is 9.97 Å². The molecule has 3 nitrogen and oxygen atoms in total. The summed E-state index contributed by atoms with van der Waals surface area (Å²) < 4.78 is 0. The third kappa shape index (κ3) is 2.74.